The average molecular weight is 1070 g/mol. The van der Waals surface area contributed by atoms with Crippen LogP contribution in [0.3, 0.4) is 0 Å². The Morgan fingerprint density at radius 3 is 2.17 bits per heavy atom. The summed E-state index contributed by atoms with van der Waals surface area (Å²) in [6.45, 7) is 5.29. The Kier molecular flexibility index (Phi) is 19.4. The van der Waals surface area contributed by atoms with E-state index in [1.807, 2.05) is 76.4 Å². The van der Waals surface area contributed by atoms with Gasteiger partial charge in [-0.05, 0) is 122 Å². The van der Waals surface area contributed by atoms with Gasteiger partial charge in [-0.1, -0.05) is 80.0 Å². The molecular weight excluding hydrogens is 1010 g/mol. The number of Topliss-reactive ketones (excluding diaryl/α,β-unsaturated/α-hetero) is 1. The van der Waals surface area contributed by atoms with Crippen LogP contribution in [0.15, 0.2) is 136 Å². The molecule has 1 heterocycles. The number of nitrogens with one attached hydrogen (secondary N) is 2. The third-order valence-corrected chi connectivity index (χ3v) is 16.7. The Morgan fingerprint density at radius 2 is 1.51 bits per heavy atom. The lowest BCUT2D eigenvalue weighted by Gasteiger charge is -2.36. The molecule has 0 aliphatic carbocycles. The summed E-state index contributed by atoms with van der Waals surface area (Å²) in [7, 11) is -9.34. The molecule has 1 amide bonds. The number of carbonyl (C=O) groups excluding carboxylic acids is 3. The zero-order chi connectivity index (χ0) is 52.2. The molecule has 2 atom stereocenters. The summed E-state index contributed by atoms with van der Waals surface area (Å²) in [5.74, 6) is -1.66. The molecule has 72 heavy (non-hydrogen) atoms. The van der Waals surface area contributed by atoms with E-state index in [4.69, 9.17) is 16.3 Å². The number of esters is 1. The second-order valence-electron chi connectivity index (χ2n) is 17.9. The first kappa shape index (κ1) is 55.9. The van der Waals surface area contributed by atoms with Crippen molar-refractivity contribution in [3.05, 3.63) is 137 Å². The number of nitrogens with zero attached hydrogens (tertiary/aromatic N) is 2. The maximum Gasteiger partial charge on any atom is 0.501 e. The van der Waals surface area contributed by atoms with Crippen LogP contribution in [0, 0.1) is 11.8 Å². The number of thioether (sulfide) groups is 1. The number of anilines is 2. The molecule has 3 N–H and O–H groups in total. The highest BCUT2D eigenvalue weighted by molar-refractivity contribution is 7.99. The molecule has 6 rings (SSSR count). The minimum Gasteiger partial charge on any atom is -0.464 e. The summed E-state index contributed by atoms with van der Waals surface area (Å²) in [5, 5.41) is 15.1. The van der Waals surface area contributed by atoms with Gasteiger partial charge >= 0.3 is 11.5 Å². The van der Waals surface area contributed by atoms with Gasteiger partial charge in [0.05, 0.1) is 23.1 Å². The predicted octanol–water partition coefficient (Wildman–Crippen LogP) is 9.81. The largest absolute Gasteiger partial charge is 0.501 e. The summed E-state index contributed by atoms with van der Waals surface area (Å²) in [6, 6.07) is 31.9. The van der Waals surface area contributed by atoms with Crippen molar-refractivity contribution in [2.24, 2.45) is 11.8 Å². The van der Waals surface area contributed by atoms with Crippen molar-refractivity contribution in [3.63, 3.8) is 0 Å². The normalized spacial score (nSPS) is 14.5. The van der Waals surface area contributed by atoms with Crippen molar-refractivity contribution in [3.8, 4) is 11.1 Å². The zero-order valence-electron chi connectivity index (χ0n) is 40.0. The third kappa shape index (κ3) is 15.1. The Bertz CT molecular complexity index is 2870. The fourth-order valence-corrected chi connectivity index (χ4v) is 11.2. The van der Waals surface area contributed by atoms with E-state index < -0.39 is 64.9 Å². The molecule has 1 aliphatic heterocycles. The molecule has 0 unspecified atom stereocenters. The number of aliphatic hydroxyl groups excluding tert-OH is 1. The van der Waals surface area contributed by atoms with Gasteiger partial charge in [-0.3, -0.25) is 14.4 Å². The molecule has 0 bridgehead atoms. The Labute approximate surface area is 428 Å². The maximum atomic E-state index is 14.3. The monoisotopic (exact) mass is 1070 g/mol. The number of sulfone groups is 1. The lowest BCUT2D eigenvalue weighted by Crippen LogP contribution is -2.36. The molecule has 5 aromatic carbocycles. The van der Waals surface area contributed by atoms with E-state index in [0.29, 0.717) is 43.6 Å². The second-order valence-corrected chi connectivity index (χ2v) is 23.0. The van der Waals surface area contributed by atoms with Crippen LogP contribution in [0.2, 0.25) is 5.02 Å². The van der Waals surface area contributed by atoms with Crippen LogP contribution in [-0.4, -0.2) is 102 Å². The van der Waals surface area contributed by atoms with Crippen molar-refractivity contribution < 1.29 is 54.2 Å². The van der Waals surface area contributed by atoms with Crippen LogP contribution >= 0.6 is 23.4 Å². The fraction of sp³-hybridized carbons (Fsp3) is 0.365. The molecule has 20 heteroatoms. The number of hydrogen-bond acceptors (Lipinski definition) is 13. The summed E-state index contributed by atoms with van der Waals surface area (Å²) in [5.41, 5.74) is -2.98. The van der Waals surface area contributed by atoms with Crippen molar-refractivity contribution in [1.82, 2.24) is 9.62 Å². The van der Waals surface area contributed by atoms with Gasteiger partial charge < -0.3 is 25.0 Å². The molecule has 1 aliphatic rings. The number of piperidine rings is 1. The van der Waals surface area contributed by atoms with E-state index in [-0.39, 0.29) is 61.3 Å². The van der Waals surface area contributed by atoms with Gasteiger partial charge in [0.15, 0.2) is 0 Å². The van der Waals surface area contributed by atoms with E-state index in [1.165, 1.54) is 23.9 Å². The van der Waals surface area contributed by atoms with Crippen LogP contribution in [0.5, 0.6) is 0 Å². The van der Waals surface area contributed by atoms with E-state index in [0.717, 1.165) is 39.4 Å². The van der Waals surface area contributed by atoms with Gasteiger partial charge in [0, 0.05) is 64.9 Å². The molecule has 0 radical (unpaired) electrons. The SMILES string of the molecule is CC(C)C(=O)CCC(=O)OCCN(C)CC[C@H](CSc1ccccc1)Nc1ccc(S(=O)(=O)NC(=O)c2ccc(N3CCC([C@@H](O)c4ccccc4-c4ccc(Cl)cc4)CC3)cc2)cc1S(=O)(=O)C(F)(F)F. The van der Waals surface area contributed by atoms with Gasteiger partial charge in [0.1, 0.15) is 17.3 Å². The first-order valence-electron chi connectivity index (χ1n) is 23.3. The first-order valence-corrected chi connectivity index (χ1v) is 27.7. The van der Waals surface area contributed by atoms with Crippen molar-refractivity contribution in [1.29, 1.82) is 0 Å². The van der Waals surface area contributed by atoms with E-state index >= 15 is 0 Å². The lowest BCUT2D eigenvalue weighted by molar-refractivity contribution is -0.145. The highest BCUT2D eigenvalue weighted by Gasteiger charge is 2.48. The van der Waals surface area contributed by atoms with Crippen LogP contribution in [0.25, 0.3) is 11.1 Å². The number of halogens is 4. The molecule has 1 fully saturated rings. The number of ether oxygens (including phenoxy) is 1. The number of benzene rings is 5. The molecule has 13 nitrogen and oxygen atoms in total. The van der Waals surface area contributed by atoms with Gasteiger partial charge in [-0.25, -0.2) is 21.6 Å². The van der Waals surface area contributed by atoms with E-state index in [1.54, 1.807) is 45.2 Å². The van der Waals surface area contributed by atoms with E-state index in [9.17, 15) is 49.5 Å². The molecule has 0 saturated carbocycles. The van der Waals surface area contributed by atoms with Gasteiger partial charge in [-0.15, -0.1) is 11.8 Å². The quantitative estimate of drug-likeness (QED) is 0.0416. The summed E-state index contributed by atoms with van der Waals surface area (Å²) < 4.78 is 103. The fourth-order valence-electron chi connectivity index (χ4n) is 8.09. The number of likely N-dealkylation sites (N-methyl/N-ethyl adjacent to an activating group) is 1. The standard InChI is InChI=1S/C52H58ClF3N4O9S3/c1-35(2)47(61)23-24-49(62)69-32-31-59(3)28-27-40(34-70-42-9-5-4-6-10-42)57-46-22-21-43(33-48(46)71(65,66)52(54,55)56)72(67,68)58-51(64)38-15-19-41(20-16-38)60-29-25-37(26-30-60)50(63)45-12-8-7-11-44(45)36-13-17-39(53)18-14-36/h4-22,33,35,37,40,50,57,63H,23-32,34H2,1-3H3,(H,58,64)/t40-,50-/m1/s1. The number of carbonyl (C=O) groups is 3. The molecule has 1 saturated heterocycles. The number of aliphatic hydroxyl groups is 1. The van der Waals surface area contributed by atoms with Crippen molar-refractivity contribution in [2.75, 3.05) is 55.8 Å². The van der Waals surface area contributed by atoms with Crippen LogP contribution in [0.1, 0.15) is 68.0 Å². The molecular formula is C52H58ClF3N4O9S3. The Balaban J connectivity index is 1.11. The van der Waals surface area contributed by atoms with E-state index in [2.05, 4.69) is 10.2 Å². The minimum absolute atomic E-state index is 0.0175. The topological polar surface area (TPSA) is 179 Å². The number of hydrogen-bond donors (Lipinski definition) is 3. The number of sulfonamides is 1. The van der Waals surface area contributed by atoms with Gasteiger partial charge in [0.2, 0.25) is 0 Å². The summed E-state index contributed by atoms with van der Waals surface area (Å²) in [4.78, 5) is 39.9. The van der Waals surface area contributed by atoms with Gasteiger partial charge in [-0.2, -0.15) is 13.2 Å². The van der Waals surface area contributed by atoms with Crippen LogP contribution < -0.4 is 14.9 Å². The Morgan fingerprint density at radius 1 is 0.861 bits per heavy atom. The third-order valence-electron chi connectivity index (χ3n) is 12.4. The molecule has 386 valence electrons. The smallest absolute Gasteiger partial charge is 0.464 e. The summed E-state index contributed by atoms with van der Waals surface area (Å²) in [6.07, 6.45) is 0.878. The highest BCUT2D eigenvalue weighted by Crippen LogP contribution is 2.39. The predicted molar refractivity (Wildman–Crippen MR) is 274 cm³/mol. The van der Waals surface area contributed by atoms with Crippen molar-refractivity contribution in [2.45, 2.75) is 78.3 Å². The number of amides is 1. The molecule has 5 aromatic rings. The maximum absolute atomic E-state index is 14.3. The Hall–Kier alpha value is -5.44. The van der Waals surface area contributed by atoms with Crippen LogP contribution in [-0.2, 0) is 34.2 Å². The second kappa shape index (κ2) is 25.0. The first-order chi connectivity index (χ1) is 34.1. The summed E-state index contributed by atoms with van der Waals surface area (Å²) >= 11 is 7.47. The highest BCUT2D eigenvalue weighted by atomic mass is 35.5. The number of rotatable bonds is 23. The zero-order valence-corrected chi connectivity index (χ0v) is 43.2. The molecule has 0 aromatic heterocycles. The molecule has 0 spiro atoms. The van der Waals surface area contributed by atoms with Gasteiger partial charge in [0.25, 0.3) is 25.8 Å². The number of alkyl halides is 3. The van der Waals surface area contributed by atoms with Crippen LogP contribution in [0.4, 0.5) is 24.5 Å². The average Bonchev–Trinajstić information content (AvgIpc) is 3.36. The van der Waals surface area contributed by atoms with Crippen molar-refractivity contribution >= 4 is 72.3 Å². The number of ketones is 1. The lowest BCUT2D eigenvalue weighted by atomic mass is 9.84. The minimum atomic E-state index is -6.15.